The van der Waals surface area contributed by atoms with Gasteiger partial charge in [-0.3, -0.25) is 4.79 Å². The van der Waals surface area contributed by atoms with Crippen molar-refractivity contribution in [1.29, 1.82) is 0 Å². The average molecular weight is 433 g/mol. The summed E-state index contributed by atoms with van der Waals surface area (Å²) in [4.78, 5) is 28.7. The Balaban J connectivity index is 2.01. The molecule has 1 aliphatic rings. The summed E-state index contributed by atoms with van der Waals surface area (Å²) < 4.78 is 17.1. The van der Waals surface area contributed by atoms with E-state index in [9.17, 15) is 9.59 Å². The van der Waals surface area contributed by atoms with Crippen LogP contribution in [-0.2, 0) is 19.1 Å². The number of ether oxygens (including phenoxy) is 3. The van der Waals surface area contributed by atoms with E-state index in [4.69, 9.17) is 9.47 Å². The van der Waals surface area contributed by atoms with E-state index >= 15 is 0 Å². The van der Waals surface area contributed by atoms with Gasteiger partial charge in [0, 0.05) is 5.70 Å². The van der Waals surface area contributed by atoms with Crippen LogP contribution in [0.5, 0.6) is 5.75 Å². The van der Waals surface area contributed by atoms with Gasteiger partial charge in [0.25, 0.3) is 0 Å². The molecule has 0 fully saturated rings. The van der Waals surface area contributed by atoms with Crippen molar-refractivity contribution in [3.63, 3.8) is 0 Å². The van der Waals surface area contributed by atoms with E-state index in [2.05, 4.69) is 20.1 Å². The van der Waals surface area contributed by atoms with Crippen molar-refractivity contribution in [2.75, 3.05) is 31.4 Å². The van der Waals surface area contributed by atoms with Crippen LogP contribution in [0.4, 0.5) is 5.95 Å². The van der Waals surface area contributed by atoms with Crippen LogP contribution in [0.3, 0.4) is 0 Å². The molecule has 0 saturated heterocycles. The normalized spacial score (nSPS) is 15.3. The van der Waals surface area contributed by atoms with Crippen molar-refractivity contribution in [2.45, 2.75) is 32.0 Å². The Kier molecular flexibility index (Phi) is 6.99. The highest BCUT2D eigenvalue weighted by atomic mass is 32.2. The second-order valence-corrected chi connectivity index (χ2v) is 7.26. The largest absolute Gasteiger partial charge is 0.494 e. The summed E-state index contributed by atoms with van der Waals surface area (Å²) in [5, 5.41) is 8.04. The minimum absolute atomic E-state index is 0.0881. The summed E-state index contributed by atoms with van der Waals surface area (Å²) in [6, 6.07) is 6.95. The maximum absolute atomic E-state index is 12.8. The number of allylic oxidation sites excluding steroid dienone is 1. The van der Waals surface area contributed by atoms with Crippen LogP contribution in [0.15, 0.2) is 40.7 Å². The summed E-state index contributed by atoms with van der Waals surface area (Å²) in [6.07, 6.45) is 0. The lowest BCUT2D eigenvalue weighted by Gasteiger charge is -2.28. The number of aromatic nitrogens is 3. The third-order valence-corrected chi connectivity index (χ3v) is 5.19. The fourth-order valence-corrected chi connectivity index (χ4v) is 3.73. The number of methoxy groups -OCH3 is 1. The van der Waals surface area contributed by atoms with Gasteiger partial charge in [-0.15, -0.1) is 5.10 Å². The van der Waals surface area contributed by atoms with E-state index in [0.29, 0.717) is 29.0 Å². The zero-order valence-corrected chi connectivity index (χ0v) is 18.1. The van der Waals surface area contributed by atoms with Gasteiger partial charge in [-0.05, 0) is 38.5 Å². The fourth-order valence-electron chi connectivity index (χ4n) is 3.07. The van der Waals surface area contributed by atoms with Crippen molar-refractivity contribution in [1.82, 2.24) is 14.8 Å². The van der Waals surface area contributed by atoms with Gasteiger partial charge in [-0.1, -0.05) is 23.9 Å². The second-order valence-electron chi connectivity index (χ2n) is 6.32. The fraction of sp³-hybridized carbons (Fsp3) is 0.400. The maximum atomic E-state index is 12.8. The van der Waals surface area contributed by atoms with Crippen LogP contribution >= 0.6 is 11.8 Å². The molecular weight excluding hydrogens is 408 g/mol. The lowest BCUT2D eigenvalue weighted by molar-refractivity contribution is -0.139. The Labute approximate surface area is 178 Å². The van der Waals surface area contributed by atoms with E-state index in [-0.39, 0.29) is 18.3 Å². The van der Waals surface area contributed by atoms with Gasteiger partial charge in [-0.25, -0.2) is 9.48 Å². The van der Waals surface area contributed by atoms with E-state index in [0.717, 1.165) is 23.1 Å². The molecule has 1 aromatic heterocycles. The average Bonchev–Trinajstić information content (AvgIpc) is 3.14. The van der Waals surface area contributed by atoms with Gasteiger partial charge >= 0.3 is 11.9 Å². The Morgan fingerprint density at radius 3 is 2.57 bits per heavy atom. The van der Waals surface area contributed by atoms with E-state index in [1.165, 1.54) is 7.11 Å². The van der Waals surface area contributed by atoms with Crippen molar-refractivity contribution >= 4 is 29.6 Å². The van der Waals surface area contributed by atoms with Crippen LogP contribution in [0.2, 0.25) is 0 Å². The summed E-state index contributed by atoms with van der Waals surface area (Å²) >= 11 is 1.16. The van der Waals surface area contributed by atoms with E-state index in [1.807, 2.05) is 31.2 Å². The number of hydrogen-bond donors (Lipinski definition) is 1. The molecule has 160 valence electrons. The van der Waals surface area contributed by atoms with Crippen LogP contribution < -0.4 is 10.1 Å². The molecule has 10 heteroatoms. The highest BCUT2D eigenvalue weighted by Crippen LogP contribution is 2.37. The van der Waals surface area contributed by atoms with Gasteiger partial charge in [0.2, 0.25) is 11.1 Å². The Morgan fingerprint density at radius 2 is 1.93 bits per heavy atom. The number of esters is 2. The first-order valence-electron chi connectivity index (χ1n) is 9.52. The van der Waals surface area contributed by atoms with Crippen LogP contribution in [0.1, 0.15) is 32.4 Å². The lowest BCUT2D eigenvalue weighted by atomic mass is 9.96. The SMILES string of the molecule is CCOC(=O)C1=C(C)Nc2nc(SCC(=O)OC)nn2[C@@H]1c1ccc(OCC)cc1. The van der Waals surface area contributed by atoms with Gasteiger partial charge in [0.1, 0.15) is 11.8 Å². The third-order valence-electron chi connectivity index (χ3n) is 4.38. The zero-order valence-electron chi connectivity index (χ0n) is 17.3. The van der Waals surface area contributed by atoms with Crippen molar-refractivity contribution in [3.8, 4) is 5.75 Å². The Bertz CT molecular complexity index is 955. The van der Waals surface area contributed by atoms with Crippen molar-refractivity contribution in [3.05, 3.63) is 41.1 Å². The Hall–Kier alpha value is -3.01. The lowest BCUT2D eigenvalue weighted by Crippen LogP contribution is -2.29. The molecule has 1 aliphatic heterocycles. The molecule has 1 aromatic carbocycles. The van der Waals surface area contributed by atoms with Gasteiger partial charge in [0.05, 0.1) is 31.6 Å². The molecular formula is C20H24N4O5S. The number of carbonyl (C=O) groups is 2. The van der Waals surface area contributed by atoms with Gasteiger partial charge in [0.15, 0.2) is 0 Å². The zero-order chi connectivity index (χ0) is 21.7. The Morgan fingerprint density at radius 1 is 1.20 bits per heavy atom. The van der Waals surface area contributed by atoms with Crippen LogP contribution in [0, 0.1) is 0 Å². The molecule has 1 N–H and O–H groups in total. The molecule has 0 saturated carbocycles. The van der Waals surface area contributed by atoms with E-state index in [1.54, 1.807) is 18.5 Å². The minimum atomic E-state index is -0.532. The molecule has 1 atom stereocenters. The molecule has 0 spiro atoms. The monoisotopic (exact) mass is 432 g/mol. The molecule has 0 unspecified atom stereocenters. The molecule has 2 aromatic rings. The molecule has 9 nitrogen and oxygen atoms in total. The maximum Gasteiger partial charge on any atom is 0.338 e. The van der Waals surface area contributed by atoms with Gasteiger partial charge < -0.3 is 19.5 Å². The first-order chi connectivity index (χ1) is 14.5. The number of fused-ring (bicyclic) bond motifs is 1. The van der Waals surface area contributed by atoms with Crippen LogP contribution in [0.25, 0.3) is 0 Å². The molecule has 0 aliphatic carbocycles. The first kappa shape index (κ1) is 21.7. The quantitative estimate of drug-likeness (QED) is 0.498. The minimum Gasteiger partial charge on any atom is -0.494 e. The number of thioether (sulfide) groups is 1. The molecule has 0 amide bonds. The van der Waals surface area contributed by atoms with Crippen molar-refractivity contribution in [2.24, 2.45) is 0 Å². The molecule has 2 heterocycles. The highest BCUT2D eigenvalue weighted by molar-refractivity contribution is 7.99. The number of benzene rings is 1. The summed E-state index contributed by atoms with van der Waals surface area (Å²) in [5.74, 6) is 0.510. The van der Waals surface area contributed by atoms with E-state index < -0.39 is 12.0 Å². The number of hydrogen-bond acceptors (Lipinski definition) is 9. The highest BCUT2D eigenvalue weighted by Gasteiger charge is 2.35. The van der Waals surface area contributed by atoms with Gasteiger partial charge in [-0.2, -0.15) is 4.98 Å². The predicted molar refractivity (Wildman–Crippen MR) is 111 cm³/mol. The summed E-state index contributed by atoms with van der Waals surface area (Å²) in [5.41, 5.74) is 1.91. The standard InChI is InChI=1S/C20H24N4O5S/c1-5-28-14-9-7-13(8-10-14)17-16(18(26)29-6-2)12(3)21-19-22-20(23-24(17)19)30-11-15(25)27-4/h7-10,17H,5-6,11H2,1-4H3,(H,21,22,23)/t17-/m1/s1. The second kappa shape index (κ2) is 9.66. The summed E-state index contributed by atoms with van der Waals surface area (Å²) in [6.45, 7) is 6.30. The predicted octanol–water partition coefficient (Wildman–Crippen LogP) is 2.79. The number of anilines is 1. The number of rotatable bonds is 8. The number of nitrogens with zero attached hydrogens (tertiary/aromatic N) is 3. The molecule has 0 radical (unpaired) electrons. The smallest absolute Gasteiger partial charge is 0.338 e. The first-order valence-corrected chi connectivity index (χ1v) is 10.5. The van der Waals surface area contributed by atoms with Crippen molar-refractivity contribution < 1.29 is 23.8 Å². The summed E-state index contributed by atoms with van der Waals surface area (Å²) in [7, 11) is 1.33. The molecule has 30 heavy (non-hydrogen) atoms. The number of carbonyl (C=O) groups excluding carboxylic acids is 2. The molecule has 0 bridgehead atoms. The number of nitrogens with one attached hydrogen (secondary N) is 1. The molecule has 3 rings (SSSR count). The third kappa shape index (κ3) is 4.59. The van der Waals surface area contributed by atoms with Crippen LogP contribution in [-0.4, -0.2) is 52.8 Å². The topological polar surface area (TPSA) is 105 Å².